The molecule has 23 heavy (non-hydrogen) atoms. The van der Waals surface area contributed by atoms with Gasteiger partial charge in [0.2, 0.25) is 17.5 Å². The van der Waals surface area contributed by atoms with Crippen LogP contribution in [-0.2, 0) is 16.6 Å². The van der Waals surface area contributed by atoms with E-state index in [1.165, 1.54) is 0 Å². The maximum atomic E-state index is 12.2. The molecule has 0 fully saturated rings. The molecule has 2 aromatic carbocycles. The summed E-state index contributed by atoms with van der Waals surface area (Å²) in [5.41, 5.74) is 0.408. The lowest BCUT2D eigenvalue weighted by molar-refractivity contribution is 0.102. The molecule has 3 aromatic rings. The Balaban J connectivity index is 1.74. The van der Waals surface area contributed by atoms with Crippen molar-refractivity contribution in [3.8, 4) is 0 Å². The minimum atomic E-state index is -1.31. The quantitative estimate of drug-likeness (QED) is 0.663. The van der Waals surface area contributed by atoms with Crippen molar-refractivity contribution in [2.45, 2.75) is 10.6 Å². The van der Waals surface area contributed by atoms with Gasteiger partial charge in [-0.05, 0) is 36.4 Å². The summed E-state index contributed by atoms with van der Waals surface area (Å²) in [6.07, 6.45) is 0. The fourth-order valence-electron chi connectivity index (χ4n) is 1.90. The smallest absolute Gasteiger partial charge is 0.243 e. The summed E-state index contributed by atoms with van der Waals surface area (Å²) in [5, 5.41) is 4.19. The van der Waals surface area contributed by atoms with Crippen LogP contribution in [0.3, 0.4) is 0 Å². The third-order valence-electron chi connectivity index (χ3n) is 3.04. The molecule has 0 aliphatic heterocycles. The van der Waals surface area contributed by atoms with Crippen molar-refractivity contribution < 1.29 is 13.5 Å². The van der Waals surface area contributed by atoms with Gasteiger partial charge in [-0.2, -0.15) is 4.98 Å². The Morgan fingerprint density at radius 3 is 2.48 bits per heavy atom. The summed E-state index contributed by atoms with van der Waals surface area (Å²) in [6.45, 7) is 0. The first-order valence-corrected chi connectivity index (χ1v) is 8.39. The van der Waals surface area contributed by atoms with Crippen LogP contribution in [0.2, 0.25) is 5.02 Å². The Hall–Kier alpha value is -2.31. The fraction of sp³-hybridized carbons (Fsp3) is 0.0625. The first-order chi connectivity index (χ1) is 11.1. The van der Waals surface area contributed by atoms with Crippen LogP contribution in [0.25, 0.3) is 0 Å². The zero-order chi connectivity index (χ0) is 16.2. The normalized spacial score (nSPS) is 12.0. The predicted octanol–water partition coefficient (Wildman–Crippen LogP) is 3.26. The van der Waals surface area contributed by atoms with Crippen LogP contribution in [0.15, 0.2) is 64.0 Å². The summed E-state index contributed by atoms with van der Waals surface area (Å²) in [6, 6.07) is 15.4. The third-order valence-corrected chi connectivity index (χ3v) is 4.60. The Kier molecular flexibility index (Phi) is 4.64. The van der Waals surface area contributed by atoms with Gasteiger partial charge in [-0.25, -0.2) is 0 Å². The minimum Gasteiger partial charge on any atom is -0.338 e. The number of nitrogens with zero attached hydrogens (tertiary/aromatic N) is 2. The van der Waals surface area contributed by atoms with E-state index in [-0.39, 0.29) is 23.3 Å². The molecular formula is C16H11ClN2O3S. The van der Waals surface area contributed by atoms with E-state index in [9.17, 15) is 9.00 Å². The monoisotopic (exact) mass is 346 g/mol. The van der Waals surface area contributed by atoms with E-state index in [1.54, 1.807) is 48.5 Å². The Bertz CT molecular complexity index is 847. The SMILES string of the molecule is O=C(c1ccc(Cl)cc1)c1noc(CS(=O)c2ccccc2)n1. The van der Waals surface area contributed by atoms with E-state index in [0.717, 1.165) is 0 Å². The van der Waals surface area contributed by atoms with Gasteiger partial charge >= 0.3 is 0 Å². The number of hydrogen-bond donors (Lipinski definition) is 0. The fourth-order valence-corrected chi connectivity index (χ4v) is 3.00. The van der Waals surface area contributed by atoms with Crippen molar-refractivity contribution in [3.05, 3.63) is 76.9 Å². The van der Waals surface area contributed by atoms with Crippen molar-refractivity contribution in [2.24, 2.45) is 0 Å². The summed E-state index contributed by atoms with van der Waals surface area (Å²) in [4.78, 5) is 16.9. The number of ketones is 1. The van der Waals surface area contributed by atoms with Crippen LogP contribution < -0.4 is 0 Å². The molecule has 0 saturated heterocycles. The van der Waals surface area contributed by atoms with Gasteiger partial charge in [0, 0.05) is 15.5 Å². The average molecular weight is 347 g/mol. The van der Waals surface area contributed by atoms with Crippen molar-refractivity contribution in [3.63, 3.8) is 0 Å². The van der Waals surface area contributed by atoms with Crippen LogP contribution in [0, 0.1) is 0 Å². The predicted molar refractivity (Wildman–Crippen MR) is 85.7 cm³/mol. The van der Waals surface area contributed by atoms with Gasteiger partial charge in [0.05, 0.1) is 10.8 Å². The molecule has 0 spiro atoms. The largest absolute Gasteiger partial charge is 0.338 e. The van der Waals surface area contributed by atoms with E-state index in [0.29, 0.717) is 15.5 Å². The number of carbonyl (C=O) groups excluding carboxylic acids is 1. The van der Waals surface area contributed by atoms with Gasteiger partial charge in [-0.1, -0.05) is 35.0 Å². The molecule has 1 heterocycles. The van der Waals surface area contributed by atoms with Gasteiger partial charge in [-0.3, -0.25) is 9.00 Å². The maximum Gasteiger partial charge on any atom is 0.243 e. The molecule has 116 valence electrons. The van der Waals surface area contributed by atoms with Crippen molar-refractivity contribution in [2.75, 3.05) is 0 Å². The molecule has 0 N–H and O–H groups in total. The maximum absolute atomic E-state index is 12.2. The summed E-state index contributed by atoms with van der Waals surface area (Å²) < 4.78 is 17.2. The lowest BCUT2D eigenvalue weighted by atomic mass is 10.1. The second-order valence-electron chi connectivity index (χ2n) is 4.65. The molecule has 5 nitrogen and oxygen atoms in total. The van der Waals surface area contributed by atoms with E-state index in [1.807, 2.05) is 6.07 Å². The average Bonchev–Trinajstić information content (AvgIpc) is 3.04. The lowest BCUT2D eigenvalue weighted by Crippen LogP contribution is -2.04. The van der Waals surface area contributed by atoms with Crippen LogP contribution in [0.4, 0.5) is 0 Å². The van der Waals surface area contributed by atoms with Crippen LogP contribution in [-0.4, -0.2) is 20.1 Å². The van der Waals surface area contributed by atoms with Crippen molar-refractivity contribution in [1.29, 1.82) is 0 Å². The van der Waals surface area contributed by atoms with E-state index in [4.69, 9.17) is 16.1 Å². The van der Waals surface area contributed by atoms with E-state index >= 15 is 0 Å². The first-order valence-electron chi connectivity index (χ1n) is 6.70. The zero-order valence-electron chi connectivity index (χ0n) is 11.8. The van der Waals surface area contributed by atoms with Crippen molar-refractivity contribution in [1.82, 2.24) is 10.1 Å². The van der Waals surface area contributed by atoms with Gasteiger partial charge in [0.25, 0.3) is 0 Å². The molecule has 1 unspecified atom stereocenters. The number of hydrogen-bond acceptors (Lipinski definition) is 5. The molecular weight excluding hydrogens is 336 g/mol. The topological polar surface area (TPSA) is 73.1 Å². The molecule has 0 saturated carbocycles. The highest BCUT2D eigenvalue weighted by Gasteiger charge is 2.18. The van der Waals surface area contributed by atoms with Crippen LogP contribution in [0.5, 0.6) is 0 Å². The summed E-state index contributed by atoms with van der Waals surface area (Å²) in [5.74, 6) is -0.218. The van der Waals surface area contributed by atoms with Gasteiger partial charge < -0.3 is 4.52 Å². The van der Waals surface area contributed by atoms with Gasteiger partial charge in [0.15, 0.2) is 0 Å². The second kappa shape index (κ2) is 6.85. The highest BCUT2D eigenvalue weighted by Crippen LogP contribution is 2.14. The number of benzene rings is 2. The standard InChI is InChI=1S/C16H11ClN2O3S/c17-12-8-6-11(7-9-12)15(20)16-18-14(22-19-16)10-23(21)13-4-2-1-3-5-13/h1-9H,10H2. The molecule has 0 aliphatic carbocycles. The highest BCUT2D eigenvalue weighted by atomic mass is 35.5. The summed E-state index contributed by atoms with van der Waals surface area (Å²) in [7, 11) is -1.31. The molecule has 0 bridgehead atoms. The van der Waals surface area contributed by atoms with Crippen LogP contribution in [0.1, 0.15) is 22.1 Å². The van der Waals surface area contributed by atoms with E-state index in [2.05, 4.69) is 10.1 Å². The first kappa shape index (κ1) is 15.6. The molecule has 7 heteroatoms. The second-order valence-corrected chi connectivity index (χ2v) is 6.54. The molecule has 3 rings (SSSR count). The number of aromatic nitrogens is 2. The minimum absolute atomic E-state index is 0.0604. The highest BCUT2D eigenvalue weighted by molar-refractivity contribution is 7.84. The van der Waals surface area contributed by atoms with Gasteiger partial charge in [-0.15, -0.1) is 0 Å². The molecule has 0 radical (unpaired) electrons. The Morgan fingerprint density at radius 1 is 1.09 bits per heavy atom. The molecule has 0 aliphatic rings. The van der Waals surface area contributed by atoms with E-state index < -0.39 is 10.8 Å². The molecule has 1 atom stereocenters. The number of carbonyl (C=O) groups is 1. The zero-order valence-corrected chi connectivity index (χ0v) is 13.4. The number of halogens is 1. The molecule has 0 amide bonds. The molecule has 1 aromatic heterocycles. The van der Waals surface area contributed by atoms with Crippen molar-refractivity contribution >= 4 is 28.2 Å². The van der Waals surface area contributed by atoms with Gasteiger partial charge in [0.1, 0.15) is 5.75 Å². The third kappa shape index (κ3) is 3.72. The Morgan fingerprint density at radius 2 is 1.78 bits per heavy atom. The number of rotatable bonds is 5. The Labute approximate surface area is 139 Å². The lowest BCUT2D eigenvalue weighted by Gasteiger charge is -1.97. The summed E-state index contributed by atoms with van der Waals surface area (Å²) >= 11 is 5.79. The van der Waals surface area contributed by atoms with Crippen LogP contribution >= 0.6 is 11.6 Å².